The molecule has 1 N–H and O–H groups in total. The van der Waals surface area contributed by atoms with Crippen LogP contribution in [0.2, 0.25) is 5.02 Å². The van der Waals surface area contributed by atoms with E-state index in [2.05, 4.69) is 5.32 Å². The largest absolute Gasteiger partial charge is 0.337 e. The van der Waals surface area contributed by atoms with Gasteiger partial charge >= 0.3 is 5.69 Å². The number of amides is 1. The van der Waals surface area contributed by atoms with E-state index in [0.29, 0.717) is 26.6 Å². The summed E-state index contributed by atoms with van der Waals surface area (Å²) in [6.45, 7) is 3.37. The second kappa shape index (κ2) is 8.13. The van der Waals surface area contributed by atoms with Gasteiger partial charge in [-0.25, -0.2) is 13.8 Å². The van der Waals surface area contributed by atoms with Gasteiger partial charge in [-0.05, 0) is 67.9 Å². The number of hydrogen-bond donors (Lipinski definition) is 1. The molecule has 0 bridgehead atoms. The Kier molecular flexibility index (Phi) is 5.51. The smallest absolute Gasteiger partial charge is 0.325 e. The first-order valence-corrected chi connectivity index (χ1v) is 10.5. The molecule has 9 heteroatoms. The summed E-state index contributed by atoms with van der Waals surface area (Å²) in [6, 6.07) is 11.6. The molecule has 0 aliphatic heterocycles. The number of halogens is 2. The molecule has 158 valence electrons. The van der Waals surface area contributed by atoms with Gasteiger partial charge in [0, 0.05) is 15.6 Å². The third-order valence-electron chi connectivity index (χ3n) is 4.97. The van der Waals surface area contributed by atoms with Crippen molar-refractivity contribution in [2.75, 3.05) is 5.32 Å². The van der Waals surface area contributed by atoms with Crippen LogP contribution in [-0.4, -0.2) is 15.0 Å². The number of fused-ring (bicyclic) bond motifs is 1. The van der Waals surface area contributed by atoms with Gasteiger partial charge in [0.15, 0.2) is 0 Å². The molecule has 0 saturated carbocycles. The lowest BCUT2D eigenvalue weighted by Crippen LogP contribution is -2.40. The number of nitrogens with zero attached hydrogens (tertiary/aromatic N) is 2. The molecule has 0 fully saturated rings. The molecular weight excluding hydrogens is 441 g/mol. The van der Waals surface area contributed by atoms with E-state index in [1.54, 1.807) is 24.3 Å². The van der Waals surface area contributed by atoms with Crippen molar-refractivity contribution in [1.29, 1.82) is 0 Å². The zero-order valence-electron chi connectivity index (χ0n) is 16.6. The fourth-order valence-corrected chi connectivity index (χ4v) is 4.56. The van der Waals surface area contributed by atoms with Gasteiger partial charge in [0.2, 0.25) is 5.91 Å². The third-order valence-corrected chi connectivity index (χ3v) is 6.45. The number of benzene rings is 2. The summed E-state index contributed by atoms with van der Waals surface area (Å²) in [5.74, 6) is -0.893. The second-order valence-electron chi connectivity index (χ2n) is 7.00. The van der Waals surface area contributed by atoms with Crippen molar-refractivity contribution < 1.29 is 9.18 Å². The highest BCUT2D eigenvalue weighted by atomic mass is 35.5. The van der Waals surface area contributed by atoms with Crippen LogP contribution < -0.4 is 16.6 Å². The molecule has 0 aliphatic carbocycles. The van der Waals surface area contributed by atoms with Crippen LogP contribution >= 0.6 is 22.9 Å². The first-order chi connectivity index (χ1) is 14.8. The maximum absolute atomic E-state index is 13.3. The van der Waals surface area contributed by atoms with Crippen molar-refractivity contribution in [2.45, 2.75) is 20.4 Å². The van der Waals surface area contributed by atoms with E-state index in [1.807, 2.05) is 13.8 Å². The molecule has 0 unspecified atom stereocenters. The van der Waals surface area contributed by atoms with Crippen molar-refractivity contribution in [3.05, 3.63) is 90.6 Å². The highest BCUT2D eigenvalue weighted by Crippen LogP contribution is 2.27. The summed E-state index contributed by atoms with van der Waals surface area (Å²) in [5, 5.41) is 3.51. The number of carbonyl (C=O) groups excluding carboxylic acids is 1. The van der Waals surface area contributed by atoms with Crippen molar-refractivity contribution >= 4 is 44.7 Å². The lowest BCUT2D eigenvalue weighted by molar-refractivity contribution is -0.116. The number of aryl methyl sites for hydroxylation is 2. The SMILES string of the molecule is Cc1sc2c(c1C)c(=O)n(-c1ccc(Cl)cc1)c(=O)n2CC(=O)Nc1ccc(F)cc1. The first-order valence-electron chi connectivity index (χ1n) is 9.33. The second-order valence-corrected chi connectivity index (χ2v) is 8.64. The van der Waals surface area contributed by atoms with Gasteiger partial charge in [-0.15, -0.1) is 11.3 Å². The van der Waals surface area contributed by atoms with E-state index in [4.69, 9.17) is 11.6 Å². The zero-order valence-corrected chi connectivity index (χ0v) is 18.2. The molecule has 0 spiro atoms. The minimum atomic E-state index is -0.629. The van der Waals surface area contributed by atoms with Crippen molar-refractivity contribution in [2.24, 2.45) is 0 Å². The van der Waals surface area contributed by atoms with Crippen LogP contribution in [0.4, 0.5) is 10.1 Å². The van der Waals surface area contributed by atoms with Gasteiger partial charge in [0.1, 0.15) is 17.2 Å². The Morgan fingerprint density at radius 1 is 1.06 bits per heavy atom. The maximum Gasteiger partial charge on any atom is 0.337 e. The normalized spacial score (nSPS) is 11.1. The topological polar surface area (TPSA) is 73.1 Å². The molecule has 0 radical (unpaired) electrons. The number of rotatable bonds is 4. The highest BCUT2D eigenvalue weighted by Gasteiger charge is 2.21. The summed E-state index contributed by atoms with van der Waals surface area (Å²) in [4.78, 5) is 40.5. The van der Waals surface area contributed by atoms with Crippen LogP contribution in [0.1, 0.15) is 10.4 Å². The fraction of sp³-hybridized carbons (Fsp3) is 0.136. The van der Waals surface area contributed by atoms with E-state index < -0.39 is 23.0 Å². The van der Waals surface area contributed by atoms with Gasteiger partial charge in [-0.2, -0.15) is 0 Å². The van der Waals surface area contributed by atoms with E-state index in [-0.39, 0.29) is 6.54 Å². The quantitative estimate of drug-likeness (QED) is 0.497. The Morgan fingerprint density at radius 3 is 2.35 bits per heavy atom. The van der Waals surface area contributed by atoms with Crippen molar-refractivity contribution in [3.63, 3.8) is 0 Å². The first kappa shape index (κ1) is 21.0. The van der Waals surface area contributed by atoms with E-state index >= 15 is 0 Å². The molecule has 4 rings (SSSR count). The minimum absolute atomic E-state index is 0.306. The summed E-state index contributed by atoms with van der Waals surface area (Å²) >= 11 is 7.23. The predicted molar refractivity (Wildman–Crippen MR) is 121 cm³/mol. The Labute approximate surface area is 185 Å². The van der Waals surface area contributed by atoms with E-state index in [0.717, 1.165) is 15.0 Å². The monoisotopic (exact) mass is 457 g/mol. The maximum atomic E-state index is 13.3. The summed E-state index contributed by atoms with van der Waals surface area (Å²) < 4.78 is 15.4. The fourth-order valence-electron chi connectivity index (χ4n) is 3.29. The molecule has 4 aromatic rings. The minimum Gasteiger partial charge on any atom is -0.325 e. The van der Waals surface area contributed by atoms with Crippen molar-refractivity contribution in [1.82, 2.24) is 9.13 Å². The van der Waals surface area contributed by atoms with E-state index in [9.17, 15) is 18.8 Å². The number of nitrogens with one attached hydrogen (secondary N) is 1. The van der Waals surface area contributed by atoms with Crippen molar-refractivity contribution in [3.8, 4) is 5.69 Å². The van der Waals surface area contributed by atoms with Gasteiger partial charge in [-0.3, -0.25) is 14.2 Å². The van der Waals surface area contributed by atoms with Gasteiger partial charge < -0.3 is 5.32 Å². The number of carbonyl (C=O) groups is 1. The summed E-state index contributed by atoms with van der Waals surface area (Å²) in [5.41, 5.74) is 0.451. The molecular formula is C22H17ClFN3O3S. The predicted octanol–water partition coefficient (Wildman–Crippen LogP) is 4.26. The molecule has 2 heterocycles. The number of hydrogen-bond acceptors (Lipinski definition) is 4. The number of anilines is 1. The lowest BCUT2D eigenvalue weighted by Gasteiger charge is -2.13. The number of thiophene rings is 1. The van der Waals surface area contributed by atoms with Crippen LogP contribution in [0.25, 0.3) is 15.9 Å². The Bertz CT molecular complexity index is 1420. The van der Waals surface area contributed by atoms with Gasteiger partial charge in [0.05, 0.1) is 11.1 Å². The van der Waals surface area contributed by atoms with Crippen LogP contribution in [0.15, 0.2) is 58.1 Å². The number of aromatic nitrogens is 2. The molecule has 0 atom stereocenters. The molecule has 0 aliphatic rings. The Balaban J connectivity index is 1.85. The van der Waals surface area contributed by atoms with E-state index in [1.165, 1.54) is 40.2 Å². The average Bonchev–Trinajstić information content (AvgIpc) is 3.03. The van der Waals surface area contributed by atoms with Crippen LogP contribution in [0.3, 0.4) is 0 Å². The summed E-state index contributed by atoms with van der Waals surface area (Å²) in [7, 11) is 0. The van der Waals surface area contributed by atoms with Crippen LogP contribution in [0.5, 0.6) is 0 Å². The molecule has 0 saturated heterocycles. The molecule has 31 heavy (non-hydrogen) atoms. The lowest BCUT2D eigenvalue weighted by atomic mass is 10.2. The summed E-state index contributed by atoms with van der Waals surface area (Å²) in [6.07, 6.45) is 0. The molecule has 1 amide bonds. The highest BCUT2D eigenvalue weighted by molar-refractivity contribution is 7.18. The Morgan fingerprint density at radius 2 is 1.71 bits per heavy atom. The Hall–Kier alpha value is -3.23. The average molecular weight is 458 g/mol. The molecule has 2 aromatic carbocycles. The van der Waals surface area contributed by atoms with Gasteiger partial charge in [-0.1, -0.05) is 11.6 Å². The molecule has 2 aromatic heterocycles. The van der Waals surface area contributed by atoms with Crippen LogP contribution in [-0.2, 0) is 11.3 Å². The van der Waals surface area contributed by atoms with Gasteiger partial charge in [0.25, 0.3) is 5.56 Å². The van der Waals surface area contributed by atoms with Crippen LogP contribution in [0, 0.1) is 19.7 Å². The molecule has 6 nitrogen and oxygen atoms in total. The standard InChI is InChI=1S/C22H17ClFN3O3S/c1-12-13(2)31-21-19(12)20(29)27(17-9-3-14(23)4-10-17)22(30)26(21)11-18(28)25-16-7-5-15(24)6-8-16/h3-10H,11H2,1-2H3,(H,25,28). The zero-order chi connectivity index (χ0) is 22.3. The third kappa shape index (κ3) is 3.92.